The Balaban J connectivity index is 0.000000122. The summed E-state index contributed by atoms with van der Waals surface area (Å²) in [4.78, 5) is 0. The summed E-state index contributed by atoms with van der Waals surface area (Å²) in [6.45, 7) is 14.1. The van der Waals surface area contributed by atoms with E-state index in [4.69, 9.17) is 49.1 Å². The second kappa shape index (κ2) is 18.0. The number of rotatable bonds is 2. The van der Waals surface area contributed by atoms with E-state index in [1.54, 1.807) is 6.26 Å². The maximum atomic E-state index is 9.19. The van der Waals surface area contributed by atoms with Crippen LogP contribution in [0, 0.1) is 30.1 Å². The van der Waals surface area contributed by atoms with Crippen LogP contribution in [-0.2, 0) is 42.6 Å². The van der Waals surface area contributed by atoms with E-state index in [0.29, 0.717) is 42.2 Å². The van der Waals surface area contributed by atoms with Crippen molar-refractivity contribution in [1.29, 1.82) is 0 Å². The molecule has 0 aromatic rings. The maximum absolute atomic E-state index is 9.19. The Bertz CT molecular complexity index is 882. The molecule has 7 fully saturated rings. The van der Waals surface area contributed by atoms with E-state index in [0.717, 1.165) is 65.1 Å². The molecule has 10 nitrogen and oxygen atoms in total. The SMILES string of the molecule is C#CCOC1OCCC1I.C1=COCC1.C=C1COC2OCCC12.C=C1COC2OCCC12.OC1COC2OCCC12. The third kappa shape index (κ3) is 9.99. The number of aliphatic hydroxyl groups is 1. The molecule has 9 atom stereocenters. The minimum absolute atomic E-state index is 0.0532. The molecule has 1 N–H and O–H groups in total. The molecule has 8 rings (SSSR count). The van der Waals surface area contributed by atoms with Crippen molar-refractivity contribution in [1.82, 2.24) is 0 Å². The number of fused-ring (bicyclic) bond motifs is 3. The Labute approximate surface area is 263 Å². The molecule has 0 spiro atoms. The van der Waals surface area contributed by atoms with Crippen molar-refractivity contribution in [2.24, 2.45) is 17.8 Å². The Morgan fingerprint density at radius 3 is 1.93 bits per heavy atom. The molecular weight excluding hydrogens is 659 g/mol. The predicted molar refractivity (Wildman–Crippen MR) is 162 cm³/mol. The standard InChI is InChI=1S/C7H9IO2.2C7H10O2.C6H10O3.C4H6O/c1-2-4-9-7-6(8)3-5-10-7;2*1-5-4-9-7-6(5)2-3-8-7;7-5-3-9-6-4(5)1-2-8-6;1-2-4-5-3-1/h1,6-7H,3-5H2;2*6-7H,1-4H2;4-7H,1-3H2;1,3H,2,4H2. The van der Waals surface area contributed by atoms with Crippen LogP contribution in [-0.4, -0.2) is 99.8 Å². The number of halogens is 1. The molecule has 42 heavy (non-hydrogen) atoms. The number of hydrogen-bond donors (Lipinski definition) is 1. The maximum Gasteiger partial charge on any atom is 0.170 e. The zero-order chi connectivity index (χ0) is 29.7. The second-order valence-corrected chi connectivity index (χ2v) is 12.5. The van der Waals surface area contributed by atoms with Crippen LogP contribution in [0.1, 0.15) is 32.1 Å². The van der Waals surface area contributed by atoms with Gasteiger partial charge in [0.1, 0.15) is 6.61 Å². The highest BCUT2D eigenvalue weighted by Crippen LogP contribution is 2.34. The van der Waals surface area contributed by atoms with Gasteiger partial charge in [-0.3, -0.25) is 0 Å². The zero-order valence-corrected chi connectivity index (χ0v) is 26.4. The van der Waals surface area contributed by atoms with E-state index in [1.165, 1.54) is 11.1 Å². The quantitative estimate of drug-likeness (QED) is 0.198. The van der Waals surface area contributed by atoms with Crippen LogP contribution in [0.25, 0.3) is 0 Å². The lowest BCUT2D eigenvalue weighted by Gasteiger charge is -2.11. The summed E-state index contributed by atoms with van der Waals surface area (Å²) in [6, 6.07) is 0. The molecule has 8 aliphatic heterocycles. The first kappa shape index (κ1) is 33.8. The molecule has 8 aliphatic rings. The Kier molecular flexibility index (Phi) is 14.5. The van der Waals surface area contributed by atoms with Crippen LogP contribution in [0.3, 0.4) is 0 Å². The van der Waals surface area contributed by atoms with Crippen molar-refractivity contribution in [2.75, 3.05) is 59.5 Å². The fourth-order valence-electron chi connectivity index (χ4n) is 5.44. The number of hydrogen-bond acceptors (Lipinski definition) is 10. The molecule has 0 aliphatic carbocycles. The Hall–Kier alpha value is -1.05. The van der Waals surface area contributed by atoms with E-state index >= 15 is 0 Å². The minimum Gasteiger partial charge on any atom is -0.501 e. The van der Waals surface area contributed by atoms with Crippen molar-refractivity contribution >= 4 is 22.6 Å². The second-order valence-electron chi connectivity index (χ2n) is 10.9. The monoisotopic (exact) mass is 704 g/mol. The summed E-state index contributed by atoms with van der Waals surface area (Å²) in [6.07, 6.45) is 13.7. The number of aliphatic hydroxyl groups excluding tert-OH is 1. The van der Waals surface area contributed by atoms with E-state index in [9.17, 15) is 5.11 Å². The van der Waals surface area contributed by atoms with Crippen molar-refractivity contribution in [3.63, 3.8) is 0 Å². The first-order valence-electron chi connectivity index (χ1n) is 14.8. The summed E-state index contributed by atoms with van der Waals surface area (Å²) < 4.78 is 47.0. The van der Waals surface area contributed by atoms with E-state index in [-0.39, 0.29) is 37.2 Å². The third-order valence-corrected chi connectivity index (χ3v) is 9.11. The molecule has 0 aromatic carbocycles. The molecule has 0 radical (unpaired) electrons. The van der Waals surface area contributed by atoms with Gasteiger partial charge in [-0.15, -0.1) is 6.42 Å². The number of terminal acetylenes is 1. The molecule has 0 amide bonds. The molecule has 11 heteroatoms. The highest BCUT2D eigenvalue weighted by atomic mass is 127. The Morgan fingerprint density at radius 1 is 0.833 bits per heavy atom. The largest absolute Gasteiger partial charge is 0.501 e. The van der Waals surface area contributed by atoms with Gasteiger partial charge in [0, 0.05) is 24.2 Å². The lowest BCUT2D eigenvalue weighted by atomic mass is 10.0. The molecule has 0 bridgehead atoms. The summed E-state index contributed by atoms with van der Waals surface area (Å²) >= 11 is 2.32. The highest BCUT2D eigenvalue weighted by molar-refractivity contribution is 14.1. The molecule has 7 saturated heterocycles. The summed E-state index contributed by atoms with van der Waals surface area (Å²) in [5.41, 5.74) is 2.41. The molecule has 236 valence electrons. The van der Waals surface area contributed by atoms with Crippen molar-refractivity contribution in [2.45, 2.75) is 67.3 Å². The summed E-state index contributed by atoms with van der Waals surface area (Å²) in [7, 11) is 0. The van der Waals surface area contributed by atoms with E-state index < -0.39 is 0 Å². The smallest absolute Gasteiger partial charge is 0.170 e. The third-order valence-electron chi connectivity index (χ3n) is 7.90. The van der Waals surface area contributed by atoms with Crippen molar-refractivity contribution in [3.8, 4) is 12.3 Å². The number of alkyl halides is 1. The van der Waals surface area contributed by atoms with Crippen LogP contribution in [0.5, 0.6) is 0 Å². The highest BCUT2D eigenvalue weighted by Gasteiger charge is 2.40. The average molecular weight is 705 g/mol. The molecule has 0 aromatic heterocycles. The van der Waals surface area contributed by atoms with Gasteiger partial charge in [0.2, 0.25) is 0 Å². The lowest BCUT2D eigenvalue weighted by molar-refractivity contribution is -0.0951. The van der Waals surface area contributed by atoms with E-state index in [2.05, 4.69) is 41.7 Å². The lowest BCUT2D eigenvalue weighted by Crippen LogP contribution is -2.19. The van der Waals surface area contributed by atoms with Crippen LogP contribution in [0.2, 0.25) is 0 Å². The zero-order valence-electron chi connectivity index (χ0n) is 24.2. The summed E-state index contributed by atoms with van der Waals surface area (Å²) in [5.74, 6) is 3.67. The molecule has 0 saturated carbocycles. The van der Waals surface area contributed by atoms with Gasteiger partial charge in [-0.1, -0.05) is 41.7 Å². The van der Waals surface area contributed by atoms with Crippen LogP contribution in [0.15, 0.2) is 36.6 Å². The molecular formula is C31H45IO10. The van der Waals surface area contributed by atoms with Gasteiger partial charge in [0.05, 0.1) is 69.1 Å². The van der Waals surface area contributed by atoms with E-state index in [1.807, 2.05) is 6.08 Å². The van der Waals surface area contributed by atoms with Gasteiger partial charge < -0.3 is 47.7 Å². The van der Waals surface area contributed by atoms with Gasteiger partial charge in [-0.25, -0.2) is 0 Å². The first-order chi connectivity index (χ1) is 20.5. The summed E-state index contributed by atoms with van der Waals surface area (Å²) in [5, 5.41) is 9.19. The predicted octanol–water partition coefficient (Wildman–Crippen LogP) is 3.72. The van der Waals surface area contributed by atoms with Gasteiger partial charge in [-0.05, 0) is 42.9 Å². The van der Waals surface area contributed by atoms with Gasteiger partial charge in [0.25, 0.3) is 0 Å². The average Bonchev–Trinajstić information content (AvgIpc) is 3.82. The number of ether oxygens (including phenoxy) is 9. The Morgan fingerprint density at radius 2 is 1.45 bits per heavy atom. The van der Waals surface area contributed by atoms with Crippen molar-refractivity contribution in [3.05, 3.63) is 36.6 Å². The fourth-order valence-corrected chi connectivity index (χ4v) is 6.11. The van der Waals surface area contributed by atoms with Gasteiger partial charge in [-0.2, -0.15) is 0 Å². The molecule has 8 heterocycles. The van der Waals surface area contributed by atoms with Crippen LogP contribution < -0.4 is 0 Å². The topological polar surface area (TPSA) is 103 Å². The van der Waals surface area contributed by atoms with Crippen LogP contribution in [0.4, 0.5) is 0 Å². The van der Waals surface area contributed by atoms with Gasteiger partial charge >= 0.3 is 0 Å². The van der Waals surface area contributed by atoms with Gasteiger partial charge in [0.15, 0.2) is 25.2 Å². The normalized spacial score (nSPS) is 38.4. The van der Waals surface area contributed by atoms with Crippen LogP contribution >= 0.6 is 22.6 Å². The minimum atomic E-state index is -0.280. The first-order valence-corrected chi connectivity index (χ1v) is 16.0. The fraction of sp³-hybridized carbons (Fsp3) is 0.742. The van der Waals surface area contributed by atoms with Crippen molar-refractivity contribution < 1.29 is 47.7 Å². The molecule has 9 unspecified atom stereocenters.